The predicted molar refractivity (Wildman–Crippen MR) is 123 cm³/mol. The molecule has 0 radical (unpaired) electrons. The van der Waals surface area contributed by atoms with Gasteiger partial charge in [-0.2, -0.15) is 4.98 Å². The van der Waals surface area contributed by atoms with Crippen molar-refractivity contribution < 1.29 is 4.52 Å². The van der Waals surface area contributed by atoms with Crippen LogP contribution in [0.3, 0.4) is 0 Å². The molecule has 0 aliphatic heterocycles. The standard InChI is InChI=1S/C24H20N6OS/c1-16-7-9-18(10-8-16)22-26-21(31-29-22)15-32-24-28-27-23(19-11-13-25-14-12-19)30(24)20-6-4-3-5-17(20)2/h3-14H,15H2,1-2H3. The van der Waals surface area contributed by atoms with Gasteiger partial charge in [-0.05, 0) is 37.6 Å². The van der Waals surface area contributed by atoms with Crippen LogP contribution in [0.2, 0.25) is 0 Å². The summed E-state index contributed by atoms with van der Waals surface area (Å²) < 4.78 is 7.55. The van der Waals surface area contributed by atoms with Crippen molar-refractivity contribution in [2.24, 2.45) is 0 Å². The van der Waals surface area contributed by atoms with Gasteiger partial charge in [0.05, 0.1) is 11.4 Å². The maximum Gasteiger partial charge on any atom is 0.237 e. The van der Waals surface area contributed by atoms with E-state index in [-0.39, 0.29) is 0 Å². The third kappa shape index (κ3) is 4.04. The van der Waals surface area contributed by atoms with E-state index in [2.05, 4.69) is 48.9 Å². The highest BCUT2D eigenvalue weighted by Gasteiger charge is 2.19. The van der Waals surface area contributed by atoms with Crippen LogP contribution >= 0.6 is 11.8 Å². The summed E-state index contributed by atoms with van der Waals surface area (Å²) in [4.78, 5) is 8.66. The molecular weight excluding hydrogens is 420 g/mol. The summed E-state index contributed by atoms with van der Waals surface area (Å²) in [5, 5.41) is 13.8. The molecule has 0 spiro atoms. The van der Waals surface area contributed by atoms with Crippen molar-refractivity contribution in [1.29, 1.82) is 0 Å². The number of pyridine rings is 1. The van der Waals surface area contributed by atoms with Gasteiger partial charge >= 0.3 is 0 Å². The van der Waals surface area contributed by atoms with Gasteiger partial charge in [0.25, 0.3) is 0 Å². The highest BCUT2D eigenvalue weighted by atomic mass is 32.2. The van der Waals surface area contributed by atoms with Gasteiger partial charge in [-0.25, -0.2) is 0 Å². The van der Waals surface area contributed by atoms with E-state index in [1.807, 2.05) is 55.5 Å². The monoisotopic (exact) mass is 440 g/mol. The lowest BCUT2D eigenvalue weighted by molar-refractivity contribution is 0.391. The van der Waals surface area contributed by atoms with E-state index in [4.69, 9.17) is 4.52 Å². The zero-order chi connectivity index (χ0) is 21.9. The lowest BCUT2D eigenvalue weighted by Gasteiger charge is -2.12. The first-order valence-electron chi connectivity index (χ1n) is 10.1. The summed E-state index contributed by atoms with van der Waals surface area (Å²) in [6.45, 7) is 4.12. The Morgan fingerprint density at radius 1 is 0.875 bits per heavy atom. The fourth-order valence-electron chi connectivity index (χ4n) is 3.34. The molecule has 0 unspecified atom stereocenters. The average Bonchev–Trinajstić information content (AvgIpc) is 3.46. The zero-order valence-electron chi connectivity index (χ0n) is 17.6. The molecule has 3 aromatic heterocycles. The Hall–Kier alpha value is -3.78. The van der Waals surface area contributed by atoms with Crippen LogP contribution in [0.5, 0.6) is 0 Å². The Balaban J connectivity index is 1.45. The zero-order valence-corrected chi connectivity index (χ0v) is 18.5. The minimum atomic E-state index is 0.485. The Morgan fingerprint density at radius 2 is 1.66 bits per heavy atom. The van der Waals surface area contributed by atoms with Crippen LogP contribution in [-0.4, -0.2) is 29.9 Å². The van der Waals surface area contributed by atoms with Gasteiger partial charge in [-0.1, -0.05) is 64.9 Å². The Bertz CT molecular complexity index is 1340. The smallest absolute Gasteiger partial charge is 0.237 e. The summed E-state index contributed by atoms with van der Waals surface area (Å²) >= 11 is 1.51. The van der Waals surface area contributed by atoms with Crippen LogP contribution in [-0.2, 0) is 5.75 Å². The number of aryl methyl sites for hydroxylation is 2. The van der Waals surface area contributed by atoms with E-state index in [0.717, 1.165) is 33.4 Å². The molecule has 0 saturated carbocycles. The molecule has 0 saturated heterocycles. The van der Waals surface area contributed by atoms with Crippen LogP contribution in [0, 0.1) is 13.8 Å². The summed E-state index contributed by atoms with van der Waals surface area (Å²) in [6, 6.07) is 20.1. The van der Waals surface area contributed by atoms with Crippen molar-refractivity contribution in [2.45, 2.75) is 24.8 Å². The number of benzene rings is 2. The van der Waals surface area contributed by atoms with Crippen LogP contribution in [0.15, 0.2) is 82.7 Å². The van der Waals surface area contributed by atoms with Gasteiger partial charge in [0, 0.05) is 23.5 Å². The first-order chi connectivity index (χ1) is 15.7. The molecule has 0 aliphatic rings. The van der Waals surface area contributed by atoms with Gasteiger partial charge in [0.2, 0.25) is 11.7 Å². The molecule has 3 heterocycles. The SMILES string of the molecule is Cc1ccc(-c2noc(CSc3nnc(-c4ccncc4)n3-c3ccccc3C)n2)cc1. The Kier molecular flexibility index (Phi) is 5.51. The van der Waals surface area contributed by atoms with Crippen LogP contribution in [0.4, 0.5) is 0 Å². The normalized spacial score (nSPS) is 11.1. The van der Waals surface area contributed by atoms with Crippen molar-refractivity contribution in [1.82, 2.24) is 29.9 Å². The molecule has 0 N–H and O–H groups in total. The van der Waals surface area contributed by atoms with Crippen molar-refractivity contribution in [3.8, 4) is 28.5 Å². The molecule has 7 nitrogen and oxygen atoms in total. The summed E-state index contributed by atoms with van der Waals surface area (Å²) in [5.74, 6) is 2.36. The number of aromatic nitrogens is 6. The Labute approximate surface area is 189 Å². The van der Waals surface area contributed by atoms with Crippen LogP contribution in [0.25, 0.3) is 28.5 Å². The van der Waals surface area contributed by atoms with Gasteiger partial charge in [-0.3, -0.25) is 9.55 Å². The summed E-state index contributed by atoms with van der Waals surface area (Å²) in [5.41, 5.74) is 5.22. The lowest BCUT2D eigenvalue weighted by atomic mass is 10.1. The molecular formula is C24H20N6OS. The highest BCUT2D eigenvalue weighted by Crippen LogP contribution is 2.31. The first-order valence-corrected chi connectivity index (χ1v) is 11.1. The molecule has 32 heavy (non-hydrogen) atoms. The third-order valence-electron chi connectivity index (χ3n) is 5.03. The third-order valence-corrected chi connectivity index (χ3v) is 5.94. The number of hydrogen-bond acceptors (Lipinski definition) is 7. The number of para-hydroxylation sites is 1. The van der Waals surface area contributed by atoms with Gasteiger partial charge in [-0.15, -0.1) is 10.2 Å². The van der Waals surface area contributed by atoms with Crippen molar-refractivity contribution >= 4 is 11.8 Å². The molecule has 0 amide bonds. The van der Waals surface area contributed by atoms with Crippen molar-refractivity contribution in [3.05, 3.63) is 90.1 Å². The maximum absolute atomic E-state index is 5.48. The summed E-state index contributed by atoms with van der Waals surface area (Å²) in [6.07, 6.45) is 3.51. The average molecular weight is 441 g/mol. The number of nitrogens with zero attached hydrogens (tertiary/aromatic N) is 6. The molecule has 0 fully saturated rings. The number of thioether (sulfide) groups is 1. The van der Waals surface area contributed by atoms with Crippen molar-refractivity contribution in [3.63, 3.8) is 0 Å². The molecule has 5 aromatic rings. The van der Waals surface area contributed by atoms with Gasteiger partial charge in [0.15, 0.2) is 11.0 Å². The van der Waals surface area contributed by atoms with E-state index in [0.29, 0.717) is 17.5 Å². The second kappa shape index (κ2) is 8.76. The van der Waals surface area contributed by atoms with Crippen LogP contribution < -0.4 is 0 Å². The Morgan fingerprint density at radius 3 is 2.44 bits per heavy atom. The summed E-state index contributed by atoms with van der Waals surface area (Å²) in [7, 11) is 0. The van der Waals surface area contributed by atoms with E-state index in [9.17, 15) is 0 Å². The van der Waals surface area contributed by atoms with E-state index in [1.54, 1.807) is 12.4 Å². The molecule has 8 heteroatoms. The van der Waals surface area contributed by atoms with Crippen molar-refractivity contribution in [2.75, 3.05) is 0 Å². The molecule has 2 aromatic carbocycles. The van der Waals surface area contributed by atoms with Gasteiger partial charge in [0.1, 0.15) is 0 Å². The molecule has 158 valence electrons. The number of hydrogen-bond donors (Lipinski definition) is 0. The molecule has 5 rings (SSSR count). The fourth-order valence-corrected chi connectivity index (χ4v) is 4.12. The van der Waals surface area contributed by atoms with E-state index >= 15 is 0 Å². The van der Waals surface area contributed by atoms with E-state index in [1.165, 1.54) is 17.3 Å². The second-order valence-electron chi connectivity index (χ2n) is 7.33. The fraction of sp³-hybridized carbons (Fsp3) is 0.125. The van der Waals surface area contributed by atoms with Gasteiger partial charge < -0.3 is 4.52 Å². The first kappa shape index (κ1) is 20.1. The highest BCUT2D eigenvalue weighted by molar-refractivity contribution is 7.98. The van der Waals surface area contributed by atoms with Crippen LogP contribution in [0.1, 0.15) is 17.0 Å². The molecule has 0 atom stereocenters. The lowest BCUT2D eigenvalue weighted by Crippen LogP contribution is -2.02. The minimum absolute atomic E-state index is 0.485. The second-order valence-corrected chi connectivity index (χ2v) is 8.27. The molecule has 0 aliphatic carbocycles. The topological polar surface area (TPSA) is 82.5 Å². The quantitative estimate of drug-likeness (QED) is 0.332. The largest absolute Gasteiger partial charge is 0.338 e. The number of rotatable bonds is 6. The molecule has 0 bridgehead atoms. The predicted octanol–water partition coefficient (Wildman–Crippen LogP) is 5.29. The van der Waals surface area contributed by atoms with E-state index < -0.39 is 0 Å². The maximum atomic E-state index is 5.48. The minimum Gasteiger partial charge on any atom is -0.338 e.